The number of anilines is 1. The summed E-state index contributed by atoms with van der Waals surface area (Å²) in [5.41, 5.74) is -0.388. The monoisotopic (exact) mass is 490 g/mol. The van der Waals surface area contributed by atoms with E-state index in [1.807, 2.05) is 0 Å². The highest BCUT2D eigenvalue weighted by Crippen LogP contribution is 2.29. The smallest absolute Gasteiger partial charge is 0.243 e. The summed E-state index contributed by atoms with van der Waals surface area (Å²) in [5.74, 6) is -4.92. The summed E-state index contributed by atoms with van der Waals surface area (Å²) >= 11 is 0. The van der Waals surface area contributed by atoms with Gasteiger partial charge in [-0.05, 0) is 31.2 Å². The quantitative estimate of drug-likeness (QED) is 0.325. The molecular weight excluding hydrogens is 464 g/mol. The van der Waals surface area contributed by atoms with Crippen molar-refractivity contribution in [3.8, 4) is 0 Å². The molecule has 3 unspecified atom stereocenters. The standard InChI is InChI=1S/C22H26F4N2O4S/c1-13-12-28(7-3-2-4-19(13)29)33(31,32)20-8-14(5-6-15(20)11-23)22(30)27-16-9-17(24)21(26)18(25)10-16/h5-6,8-10,13,19,22,27,29-30H,2-4,7,11-12H2,1H3. The third-order valence-corrected chi connectivity index (χ3v) is 7.71. The van der Waals surface area contributed by atoms with Crippen LogP contribution in [-0.4, -0.2) is 42.1 Å². The van der Waals surface area contributed by atoms with Crippen molar-refractivity contribution in [2.75, 3.05) is 18.4 Å². The van der Waals surface area contributed by atoms with E-state index in [0.717, 1.165) is 6.07 Å². The van der Waals surface area contributed by atoms with Crippen LogP contribution in [0.15, 0.2) is 35.2 Å². The van der Waals surface area contributed by atoms with Crippen LogP contribution in [-0.2, 0) is 16.7 Å². The van der Waals surface area contributed by atoms with Crippen LogP contribution >= 0.6 is 0 Å². The number of aliphatic hydroxyl groups excluding tert-OH is 2. The summed E-state index contributed by atoms with van der Waals surface area (Å²) in [4.78, 5) is -0.345. The predicted molar refractivity (Wildman–Crippen MR) is 114 cm³/mol. The topological polar surface area (TPSA) is 89.9 Å². The Morgan fingerprint density at radius 1 is 1.15 bits per heavy atom. The van der Waals surface area contributed by atoms with Crippen molar-refractivity contribution in [3.05, 3.63) is 58.9 Å². The Morgan fingerprint density at radius 2 is 1.82 bits per heavy atom. The van der Waals surface area contributed by atoms with Crippen molar-refractivity contribution in [1.82, 2.24) is 4.31 Å². The number of rotatable bonds is 6. The van der Waals surface area contributed by atoms with Crippen LogP contribution in [0.1, 0.15) is 43.5 Å². The highest BCUT2D eigenvalue weighted by Gasteiger charge is 2.31. The zero-order valence-electron chi connectivity index (χ0n) is 17.9. The van der Waals surface area contributed by atoms with Gasteiger partial charge in [0, 0.05) is 42.0 Å². The van der Waals surface area contributed by atoms with Gasteiger partial charge in [0.05, 0.1) is 11.0 Å². The first-order chi connectivity index (χ1) is 15.5. The van der Waals surface area contributed by atoms with Crippen LogP contribution in [0.4, 0.5) is 23.2 Å². The molecule has 0 amide bonds. The summed E-state index contributed by atoms with van der Waals surface area (Å²) in [6.45, 7) is 0.914. The number of halogens is 4. The predicted octanol–water partition coefficient (Wildman–Crippen LogP) is 3.85. The second-order valence-corrected chi connectivity index (χ2v) is 10.1. The SMILES string of the molecule is CC1CN(S(=O)(=O)c2cc(C(O)Nc3cc(F)c(F)c(F)c3)ccc2CF)CCCCC1O. The van der Waals surface area contributed by atoms with Crippen LogP contribution in [0, 0.1) is 23.4 Å². The fraction of sp³-hybridized carbons (Fsp3) is 0.455. The zero-order valence-corrected chi connectivity index (χ0v) is 18.8. The molecule has 1 fully saturated rings. The zero-order chi connectivity index (χ0) is 24.3. The normalized spacial score (nSPS) is 21.3. The van der Waals surface area contributed by atoms with E-state index in [1.54, 1.807) is 6.92 Å². The lowest BCUT2D eigenvalue weighted by Crippen LogP contribution is -2.40. The van der Waals surface area contributed by atoms with E-state index >= 15 is 0 Å². The second-order valence-electron chi connectivity index (χ2n) is 8.21. The molecule has 2 aromatic carbocycles. The molecular formula is C22H26F4N2O4S. The fourth-order valence-electron chi connectivity index (χ4n) is 3.79. The van der Waals surface area contributed by atoms with E-state index in [-0.39, 0.29) is 40.7 Å². The van der Waals surface area contributed by atoms with Gasteiger partial charge >= 0.3 is 0 Å². The maximum Gasteiger partial charge on any atom is 0.243 e. The van der Waals surface area contributed by atoms with Gasteiger partial charge in [-0.15, -0.1) is 0 Å². The molecule has 1 heterocycles. The number of alkyl halides is 1. The number of aliphatic hydroxyl groups is 2. The van der Waals surface area contributed by atoms with Gasteiger partial charge in [-0.2, -0.15) is 4.31 Å². The molecule has 0 bridgehead atoms. The molecule has 0 saturated carbocycles. The van der Waals surface area contributed by atoms with E-state index in [4.69, 9.17) is 0 Å². The fourth-order valence-corrected chi connectivity index (χ4v) is 5.61. The minimum atomic E-state index is -4.17. The lowest BCUT2D eigenvalue weighted by molar-refractivity contribution is 0.0843. The lowest BCUT2D eigenvalue weighted by Gasteiger charge is -2.31. The molecule has 1 saturated heterocycles. The van der Waals surface area contributed by atoms with Crippen molar-refractivity contribution in [2.24, 2.45) is 5.92 Å². The highest BCUT2D eigenvalue weighted by atomic mass is 32.2. The van der Waals surface area contributed by atoms with Crippen LogP contribution in [0.2, 0.25) is 0 Å². The molecule has 33 heavy (non-hydrogen) atoms. The lowest BCUT2D eigenvalue weighted by atomic mass is 9.98. The molecule has 1 aliphatic heterocycles. The van der Waals surface area contributed by atoms with Crippen LogP contribution < -0.4 is 5.32 Å². The summed E-state index contributed by atoms with van der Waals surface area (Å²) < 4.78 is 81.7. The molecule has 11 heteroatoms. The number of hydrogen-bond donors (Lipinski definition) is 3. The van der Waals surface area contributed by atoms with E-state index in [2.05, 4.69) is 5.32 Å². The molecule has 0 spiro atoms. The minimum absolute atomic E-state index is 0.00366. The molecule has 0 aliphatic carbocycles. The highest BCUT2D eigenvalue weighted by molar-refractivity contribution is 7.89. The van der Waals surface area contributed by atoms with Gasteiger partial charge in [0.25, 0.3) is 0 Å². The Hall–Kier alpha value is -2.21. The largest absolute Gasteiger partial charge is 0.393 e. The van der Waals surface area contributed by atoms with Crippen LogP contribution in [0.5, 0.6) is 0 Å². The van der Waals surface area contributed by atoms with Gasteiger partial charge in [-0.3, -0.25) is 0 Å². The third kappa shape index (κ3) is 5.65. The number of benzene rings is 2. The summed E-state index contributed by atoms with van der Waals surface area (Å²) in [7, 11) is -4.17. The van der Waals surface area contributed by atoms with Crippen molar-refractivity contribution in [3.63, 3.8) is 0 Å². The summed E-state index contributed by atoms with van der Waals surface area (Å²) in [5, 5.41) is 23.0. The Morgan fingerprint density at radius 3 is 2.45 bits per heavy atom. The maximum atomic E-state index is 13.7. The van der Waals surface area contributed by atoms with Crippen molar-refractivity contribution < 1.29 is 36.2 Å². The molecule has 1 aliphatic rings. The number of sulfonamides is 1. The van der Waals surface area contributed by atoms with Crippen molar-refractivity contribution in [1.29, 1.82) is 0 Å². The molecule has 3 N–H and O–H groups in total. The number of nitrogens with one attached hydrogen (secondary N) is 1. The van der Waals surface area contributed by atoms with Gasteiger partial charge in [0.2, 0.25) is 10.0 Å². The molecule has 0 aromatic heterocycles. The summed E-state index contributed by atoms with van der Waals surface area (Å²) in [6.07, 6.45) is -0.536. The molecule has 6 nitrogen and oxygen atoms in total. The van der Waals surface area contributed by atoms with Crippen molar-refractivity contribution >= 4 is 15.7 Å². The minimum Gasteiger partial charge on any atom is -0.393 e. The first kappa shape index (κ1) is 25.4. The number of hydrogen-bond acceptors (Lipinski definition) is 5. The van der Waals surface area contributed by atoms with Gasteiger partial charge in [0.15, 0.2) is 23.7 Å². The van der Waals surface area contributed by atoms with Gasteiger partial charge in [0.1, 0.15) is 6.67 Å². The van der Waals surface area contributed by atoms with Gasteiger partial charge < -0.3 is 15.5 Å². The van der Waals surface area contributed by atoms with E-state index in [1.165, 1.54) is 16.4 Å². The average molecular weight is 491 g/mol. The van der Waals surface area contributed by atoms with Crippen LogP contribution in [0.3, 0.4) is 0 Å². The number of nitrogens with zero attached hydrogens (tertiary/aromatic N) is 1. The summed E-state index contributed by atoms with van der Waals surface area (Å²) in [6, 6.07) is 4.87. The Labute approximate surface area is 189 Å². The van der Waals surface area contributed by atoms with Crippen LogP contribution in [0.25, 0.3) is 0 Å². The van der Waals surface area contributed by atoms with Crippen molar-refractivity contribution in [2.45, 2.75) is 50.1 Å². The van der Waals surface area contributed by atoms with Gasteiger partial charge in [-0.1, -0.05) is 19.1 Å². The van der Waals surface area contributed by atoms with E-state index in [9.17, 15) is 36.2 Å². The third-order valence-electron chi connectivity index (χ3n) is 5.76. The van der Waals surface area contributed by atoms with E-state index in [0.29, 0.717) is 31.4 Å². The first-order valence-corrected chi connectivity index (χ1v) is 11.9. The molecule has 3 rings (SSSR count). The average Bonchev–Trinajstić information content (AvgIpc) is 2.77. The Kier molecular flexibility index (Phi) is 7.99. The first-order valence-electron chi connectivity index (χ1n) is 10.5. The molecule has 2 aromatic rings. The second kappa shape index (κ2) is 10.4. The maximum absolute atomic E-state index is 13.7. The molecule has 182 valence electrons. The molecule has 3 atom stereocenters. The van der Waals surface area contributed by atoms with Gasteiger partial charge in [-0.25, -0.2) is 26.0 Å². The van der Waals surface area contributed by atoms with E-state index < -0.39 is 46.5 Å². The Bertz CT molecular complexity index is 1080. The molecule has 0 radical (unpaired) electrons. The Balaban J connectivity index is 1.92.